The van der Waals surface area contributed by atoms with E-state index < -0.39 is 0 Å². The quantitative estimate of drug-likeness (QED) is 0.669. The number of aromatic nitrogens is 1. The highest BCUT2D eigenvalue weighted by Gasteiger charge is 2.34. The molecule has 0 unspecified atom stereocenters. The fourth-order valence-electron chi connectivity index (χ4n) is 3.06. The highest BCUT2D eigenvalue weighted by molar-refractivity contribution is 6.28. The number of nitrogens with zero attached hydrogens (tertiary/aromatic N) is 1. The molecule has 1 aromatic heterocycles. The van der Waals surface area contributed by atoms with E-state index in [4.69, 9.17) is 0 Å². The number of benzene rings is 1. The number of carbonyl (C=O) groups excluding carboxylic acids is 2. The van der Waals surface area contributed by atoms with E-state index in [1.807, 2.05) is 25.5 Å². The van der Waals surface area contributed by atoms with Gasteiger partial charge in [0, 0.05) is 23.9 Å². The first-order chi connectivity index (χ1) is 9.07. The highest BCUT2D eigenvalue weighted by atomic mass is 16.1. The zero-order valence-corrected chi connectivity index (χ0v) is 11.3. The standard InChI is InChI=1S/C16H15NO2/c1-4-12-9(2)13-14(17(12)3)16(19)11-8-6-5-7-10(11)15(13)18/h5-8H,4H2,1-3H3. The van der Waals surface area contributed by atoms with Gasteiger partial charge in [0.2, 0.25) is 5.78 Å². The van der Waals surface area contributed by atoms with E-state index in [1.165, 1.54) is 0 Å². The summed E-state index contributed by atoms with van der Waals surface area (Å²) in [5.74, 6) is -0.0755. The molecule has 0 saturated carbocycles. The monoisotopic (exact) mass is 253 g/mol. The zero-order valence-electron chi connectivity index (χ0n) is 11.3. The van der Waals surface area contributed by atoms with Gasteiger partial charge in [-0.25, -0.2) is 0 Å². The summed E-state index contributed by atoms with van der Waals surface area (Å²) in [6, 6.07) is 7.06. The predicted octanol–water partition coefficient (Wildman–Crippen LogP) is 2.67. The Balaban J connectivity index is 2.38. The van der Waals surface area contributed by atoms with Crippen molar-refractivity contribution >= 4 is 11.6 Å². The van der Waals surface area contributed by atoms with Gasteiger partial charge < -0.3 is 4.57 Å². The third kappa shape index (κ3) is 1.38. The zero-order chi connectivity index (χ0) is 13.7. The Morgan fingerprint density at radius 1 is 1.05 bits per heavy atom. The fraction of sp³-hybridized carbons (Fsp3) is 0.250. The summed E-state index contributed by atoms with van der Waals surface area (Å²) in [6.07, 6.45) is 0.812. The minimum Gasteiger partial charge on any atom is -0.344 e. The molecule has 1 heterocycles. The van der Waals surface area contributed by atoms with Gasteiger partial charge in [0.25, 0.3) is 0 Å². The number of fused-ring (bicyclic) bond motifs is 2. The van der Waals surface area contributed by atoms with Crippen molar-refractivity contribution in [1.82, 2.24) is 4.57 Å². The smallest absolute Gasteiger partial charge is 0.210 e. The summed E-state index contributed by atoms with van der Waals surface area (Å²) in [5, 5.41) is 0. The Morgan fingerprint density at radius 3 is 2.21 bits per heavy atom. The second-order valence-corrected chi connectivity index (χ2v) is 4.91. The predicted molar refractivity (Wildman–Crippen MR) is 72.8 cm³/mol. The number of carbonyl (C=O) groups is 2. The molecule has 0 spiro atoms. The van der Waals surface area contributed by atoms with Gasteiger partial charge in [-0.2, -0.15) is 0 Å². The van der Waals surface area contributed by atoms with E-state index in [9.17, 15) is 9.59 Å². The fourth-order valence-corrected chi connectivity index (χ4v) is 3.06. The second-order valence-electron chi connectivity index (χ2n) is 4.91. The van der Waals surface area contributed by atoms with Gasteiger partial charge in [-0.15, -0.1) is 0 Å². The third-order valence-electron chi connectivity index (χ3n) is 3.98. The molecule has 0 fully saturated rings. The van der Waals surface area contributed by atoms with Crippen LogP contribution in [0.15, 0.2) is 24.3 Å². The van der Waals surface area contributed by atoms with Crippen molar-refractivity contribution in [3.05, 3.63) is 57.9 Å². The Morgan fingerprint density at radius 2 is 1.63 bits per heavy atom. The summed E-state index contributed by atoms with van der Waals surface area (Å²) in [4.78, 5) is 25.2. The van der Waals surface area contributed by atoms with Gasteiger partial charge in [-0.3, -0.25) is 9.59 Å². The average molecular weight is 253 g/mol. The minimum atomic E-state index is -0.0458. The largest absolute Gasteiger partial charge is 0.344 e. The van der Waals surface area contributed by atoms with E-state index >= 15 is 0 Å². The van der Waals surface area contributed by atoms with Gasteiger partial charge in [0.05, 0.1) is 5.56 Å². The van der Waals surface area contributed by atoms with Crippen LogP contribution in [-0.4, -0.2) is 16.1 Å². The minimum absolute atomic E-state index is 0.0296. The number of hydrogen-bond donors (Lipinski definition) is 0. The number of hydrogen-bond acceptors (Lipinski definition) is 2. The van der Waals surface area contributed by atoms with Crippen LogP contribution in [0.2, 0.25) is 0 Å². The molecule has 0 aliphatic heterocycles. The molecule has 0 atom stereocenters. The maximum Gasteiger partial charge on any atom is 0.210 e. The molecule has 2 aromatic rings. The molecule has 3 rings (SSSR count). The van der Waals surface area contributed by atoms with Gasteiger partial charge in [-0.1, -0.05) is 31.2 Å². The molecule has 19 heavy (non-hydrogen) atoms. The lowest BCUT2D eigenvalue weighted by Crippen LogP contribution is -2.22. The summed E-state index contributed by atoms with van der Waals surface area (Å²) < 4.78 is 1.88. The molecular weight excluding hydrogens is 238 g/mol. The summed E-state index contributed by atoms with van der Waals surface area (Å²) in [6.45, 7) is 3.96. The van der Waals surface area contributed by atoms with Crippen LogP contribution in [0.5, 0.6) is 0 Å². The normalized spacial score (nSPS) is 13.4. The molecule has 0 N–H and O–H groups in total. The first-order valence-electron chi connectivity index (χ1n) is 6.44. The molecule has 1 aliphatic rings. The Labute approximate surface area is 111 Å². The van der Waals surface area contributed by atoms with Crippen LogP contribution in [-0.2, 0) is 13.5 Å². The first kappa shape index (κ1) is 11.9. The van der Waals surface area contributed by atoms with Gasteiger partial charge in [-0.05, 0) is 18.9 Å². The number of rotatable bonds is 1. The summed E-state index contributed by atoms with van der Waals surface area (Å²) in [7, 11) is 1.86. The molecule has 0 amide bonds. The maximum absolute atomic E-state index is 12.6. The van der Waals surface area contributed by atoms with Crippen molar-refractivity contribution in [2.24, 2.45) is 7.05 Å². The lowest BCUT2D eigenvalue weighted by molar-refractivity contribution is 0.0974. The molecule has 0 radical (unpaired) electrons. The van der Waals surface area contributed by atoms with Crippen molar-refractivity contribution < 1.29 is 9.59 Å². The highest BCUT2D eigenvalue weighted by Crippen LogP contribution is 2.32. The van der Waals surface area contributed by atoms with E-state index in [-0.39, 0.29) is 11.6 Å². The van der Waals surface area contributed by atoms with E-state index in [0.717, 1.165) is 17.7 Å². The summed E-state index contributed by atoms with van der Waals surface area (Å²) in [5.41, 5.74) is 4.16. The molecule has 3 heteroatoms. The van der Waals surface area contributed by atoms with Crippen LogP contribution in [0.4, 0.5) is 0 Å². The lowest BCUT2D eigenvalue weighted by atomic mass is 9.86. The number of ketones is 2. The van der Waals surface area contributed by atoms with Crippen LogP contribution in [0, 0.1) is 6.92 Å². The molecule has 96 valence electrons. The van der Waals surface area contributed by atoms with E-state index in [2.05, 4.69) is 0 Å². The lowest BCUT2D eigenvalue weighted by Gasteiger charge is -2.15. The van der Waals surface area contributed by atoms with E-state index in [0.29, 0.717) is 22.4 Å². The van der Waals surface area contributed by atoms with Crippen LogP contribution in [0.1, 0.15) is 50.2 Å². The molecular formula is C16H15NO2. The maximum atomic E-state index is 12.6. The van der Waals surface area contributed by atoms with Crippen molar-refractivity contribution in [2.45, 2.75) is 20.3 Å². The third-order valence-corrected chi connectivity index (χ3v) is 3.98. The average Bonchev–Trinajstić information content (AvgIpc) is 2.67. The van der Waals surface area contributed by atoms with Crippen molar-refractivity contribution in [1.29, 1.82) is 0 Å². The van der Waals surface area contributed by atoms with Crippen LogP contribution >= 0.6 is 0 Å². The molecule has 1 aliphatic carbocycles. The van der Waals surface area contributed by atoms with Crippen molar-refractivity contribution in [3.63, 3.8) is 0 Å². The molecule has 3 nitrogen and oxygen atoms in total. The molecule has 0 bridgehead atoms. The Hall–Kier alpha value is -2.16. The second kappa shape index (κ2) is 3.92. The first-order valence-corrected chi connectivity index (χ1v) is 6.44. The Kier molecular flexibility index (Phi) is 2.45. The van der Waals surface area contributed by atoms with E-state index in [1.54, 1.807) is 24.3 Å². The van der Waals surface area contributed by atoms with Crippen LogP contribution in [0.25, 0.3) is 0 Å². The van der Waals surface area contributed by atoms with Gasteiger partial charge >= 0.3 is 0 Å². The molecule has 0 saturated heterocycles. The van der Waals surface area contributed by atoms with Gasteiger partial charge in [0.15, 0.2) is 5.78 Å². The topological polar surface area (TPSA) is 39.1 Å². The van der Waals surface area contributed by atoms with Crippen molar-refractivity contribution in [3.8, 4) is 0 Å². The molecule has 1 aromatic carbocycles. The van der Waals surface area contributed by atoms with Crippen LogP contribution in [0.3, 0.4) is 0 Å². The SMILES string of the molecule is CCc1c(C)c2c(n1C)C(=O)c1ccccc1C2=O. The summed E-state index contributed by atoms with van der Waals surface area (Å²) >= 11 is 0. The van der Waals surface area contributed by atoms with Crippen molar-refractivity contribution in [2.75, 3.05) is 0 Å². The van der Waals surface area contributed by atoms with Gasteiger partial charge in [0.1, 0.15) is 5.69 Å². The Bertz CT molecular complexity index is 664. The van der Waals surface area contributed by atoms with Crippen LogP contribution < -0.4 is 0 Å².